The second-order valence-corrected chi connectivity index (χ2v) is 5.88. The van der Waals surface area contributed by atoms with E-state index in [1.54, 1.807) is 0 Å². The van der Waals surface area contributed by atoms with E-state index in [1.807, 2.05) is 52.0 Å². The highest BCUT2D eigenvalue weighted by Crippen LogP contribution is 2.24. The van der Waals surface area contributed by atoms with Gasteiger partial charge in [0.2, 0.25) is 0 Å². The molecule has 0 amide bonds. The number of ketones is 1. The van der Waals surface area contributed by atoms with Gasteiger partial charge in [-0.1, -0.05) is 39.0 Å². The summed E-state index contributed by atoms with van der Waals surface area (Å²) < 4.78 is 5.81. The lowest BCUT2D eigenvalue weighted by Gasteiger charge is -2.15. The molecule has 96 valence electrons. The molecule has 0 unspecified atom stereocenters. The van der Waals surface area contributed by atoms with Crippen molar-refractivity contribution in [1.82, 2.24) is 0 Å². The van der Waals surface area contributed by atoms with Crippen molar-refractivity contribution in [2.75, 3.05) is 0 Å². The standard InChI is InChI=1S/C16H20O2/c1-11-6-5-7-12-10-13(18-15(11)12)8-9-14(17)16(2,3)4/h5-7,10H,8-9H2,1-4H3. The fourth-order valence-corrected chi connectivity index (χ4v) is 2.00. The number of fused-ring (bicyclic) bond motifs is 1. The van der Waals surface area contributed by atoms with Crippen molar-refractivity contribution in [2.45, 2.75) is 40.5 Å². The predicted molar refractivity (Wildman–Crippen MR) is 73.7 cm³/mol. The third kappa shape index (κ3) is 2.63. The van der Waals surface area contributed by atoms with E-state index in [0.717, 1.165) is 22.3 Å². The Morgan fingerprint density at radius 3 is 2.61 bits per heavy atom. The number of Topliss-reactive ketones (excluding diaryl/α,β-unsaturated/α-hetero) is 1. The molecule has 0 aliphatic heterocycles. The van der Waals surface area contributed by atoms with Gasteiger partial charge in [-0.15, -0.1) is 0 Å². The van der Waals surface area contributed by atoms with Crippen molar-refractivity contribution in [3.8, 4) is 0 Å². The minimum atomic E-state index is -0.262. The summed E-state index contributed by atoms with van der Waals surface area (Å²) in [5, 5.41) is 1.12. The largest absolute Gasteiger partial charge is 0.461 e. The highest BCUT2D eigenvalue weighted by molar-refractivity contribution is 5.84. The van der Waals surface area contributed by atoms with E-state index < -0.39 is 0 Å². The number of rotatable bonds is 3. The van der Waals surface area contributed by atoms with Crippen molar-refractivity contribution in [2.24, 2.45) is 5.41 Å². The maximum atomic E-state index is 11.9. The maximum absolute atomic E-state index is 11.9. The van der Waals surface area contributed by atoms with Crippen molar-refractivity contribution in [3.05, 3.63) is 35.6 Å². The monoisotopic (exact) mass is 244 g/mol. The van der Waals surface area contributed by atoms with E-state index in [9.17, 15) is 4.79 Å². The highest BCUT2D eigenvalue weighted by atomic mass is 16.3. The molecular formula is C16H20O2. The summed E-state index contributed by atoms with van der Waals surface area (Å²) in [4.78, 5) is 11.9. The molecule has 1 aromatic heterocycles. The molecule has 2 nitrogen and oxygen atoms in total. The molecule has 1 heterocycles. The summed E-state index contributed by atoms with van der Waals surface area (Å²) in [5.74, 6) is 1.18. The predicted octanol–water partition coefficient (Wildman–Crippen LogP) is 4.29. The first-order valence-electron chi connectivity index (χ1n) is 6.39. The molecule has 0 saturated carbocycles. The Hall–Kier alpha value is -1.57. The zero-order chi connectivity index (χ0) is 13.3. The first-order chi connectivity index (χ1) is 8.38. The molecule has 0 atom stereocenters. The van der Waals surface area contributed by atoms with Gasteiger partial charge in [-0.3, -0.25) is 4.79 Å². The van der Waals surface area contributed by atoms with E-state index >= 15 is 0 Å². The Morgan fingerprint density at radius 2 is 2.00 bits per heavy atom. The van der Waals surface area contributed by atoms with Gasteiger partial charge < -0.3 is 4.42 Å². The van der Waals surface area contributed by atoms with E-state index in [0.29, 0.717) is 12.8 Å². The fraction of sp³-hybridized carbons (Fsp3) is 0.438. The highest BCUT2D eigenvalue weighted by Gasteiger charge is 2.21. The van der Waals surface area contributed by atoms with Crippen LogP contribution in [0.1, 0.15) is 38.5 Å². The number of benzene rings is 1. The average Bonchev–Trinajstić information content (AvgIpc) is 2.69. The van der Waals surface area contributed by atoms with Crippen LogP contribution in [0.4, 0.5) is 0 Å². The Balaban J connectivity index is 2.14. The van der Waals surface area contributed by atoms with Crippen LogP contribution in [0.5, 0.6) is 0 Å². The van der Waals surface area contributed by atoms with E-state index in [4.69, 9.17) is 4.42 Å². The molecule has 0 aliphatic carbocycles. The van der Waals surface area contributed by atoms with Crippen LogP contribution in [0.3, 0.4) is 0 Å². The van der Waals surface area contributed by atoms with Crippen LogP contribution in [0.25, 0.3) is 11.0 Å². The van der Waals surface area contributed by atoms with Crippen LogP contribution in [0.15, 0.2) is 28.7 Å². The van der Waals surface area contributed by atoms with Crippen molar-refractivity contribution >= 4 is 16.8 Å². The normalized spacial score (nSPS) is 12.0. The first kappa shape index (κ1) is 12.9. The maximum Gasteiger partial charge on any atom is 0.138 e. The molecule has 2 rings (SSSR count). The molecule has 0 N–H and O–H groups in total. The minimum absolute atomic E-state index is 0.262. The summed E-state index contributed by atoms with van der Waals surface area (Å²) >= 11 is 0. The molecular weight excluding hydrogens is 224 g/mol. The lowest BCUT2D eigenvalue weighted by atomic mass is 9.88. The van der Waals surface area contributed by atoms with Gasteiger partial charge in [-0.25, -0.2) is 0 Å². The number of furan rings is 1. The summed E-state index contributed by atoms with van der Waals surface area (Å²) in [5.41, 5.74) is 1.82. The zero-order valence-corrected chi connectivity index (χ0v) is 11.5. The van der Waals surface area contributed by atoms with E-state index in [-0.39, 0.29) is 11.2 Å². The van der Waals surface area contributed by atoms with Gasteiger partial charge in [0.05, 0.1) is 0 Å². The Labute approximate surface area is 108 Å². The van der Waals surface area contributed by atoms with Crippen LogP contribution in [-0.4, -0.2) is 5.78 Å². The van der Waals surface area contributed by atoms with Crippen LogP contribution >= 0.6 is 0 Å². The van der Waals surface area contributed by atoms with Gasteiger partial charge >= 0.3 is 0 Å². The number of hydrogen-bond acceptors (Lipinski definition) is 2. The second-order valence-electron chi connectivity index (χ2n) is 5.88. The third-order valence-corrected chi connectivity index (χ3v) is 3.23. The lowest BCUT2D eigenvalue weighted by molar-refractivity contribution is -0.126. The first-order valence-corrected chi connectivity index (χ1v) is 6.39. The summed E-state index contributed by atoms with van der Waals surface area (Å²) in [7, 11) is 0. The summed E-state index contributed by atoms with van der Waals surface area (Å²) in [6.45, 7) is 7.91. The number of hydrogen-bond donors (Lipinski definition) is 0. The average molecular weight is 244 g/mol. The van der Waals surface area contributed by atoms with E-state index in [2.05, 4.69) is 0 Å². The zero-order valence-electron chi connectivity index (χ0n) is 11.5. The molecule has 2 heteroatoms. The van der Waals surface area contributed by atoms with Crippen molar-refractivity contribution in [3.63, 3.8) is 0 Å². The molecule has 0 radical (unpaired) electrons. The second kappa shape index (κ2) is 4.60. The van der Waals surface area contributed by atoms with Gasteiger partial charge in [-0.2, -0.15) is 0 Å². The summed E-state index contributed by atoms with van der Waals surface area (Å²) in [6, 6.07) is 8.15. The van der Waals surface area contributed by atoms with Crippen LogP contribution in [0.2, 0.25) is 0 Å². The van der Waals surface area contributed by atoms with Crippen molar-refractivity contribution < 1.29 is 9.21 Å². The quantitative estimate of drug-likeness (QED) is 0.806. The molecule has 0 fully saturated rings. The molecule has 0 spiro atoms. The van der Waals surface area contributed by atoms with Gasteiger partial charge in [0.25, 0.3) is 0 Å². The summed E-state index contributed by atoms with van der Waals surface area (Å²) in [6.07, 6.45) is 1.23. The third-order valence-electron chi connectivity index (χ3n) is 3.23. The van der Waals surface area contributed by atoms with Gasteiger partial charge in [0.15, 0.2) is 0 Å². The van der Waals surface area contributed by atoms with Crippen LogP contribution in [0, 0.1) is 12.3 Å². The van der Waals surface area contributed by atoms with Crippen molar-refractivity contribution in [1.29, 1.82) is 0 Å². The number of para-hydroxylation sites is 1. The van der Waals surface area contributed by atoms with Gasteiger partial charge in [0.1, 0.15) is 17.1 Å². The Morgan fingerprint density at radius 1 is 1.28 bits per heavy atom. The Kier molecular flexibility index (Phi) is 3.29. The van der Waals surface area contributed by atoms with Crippen LogP contribution < -0.4 is 0 Å². The molecule has 18 heavy (non-hydrogen) atoms. The van der Waals surface area contributed by atoms with E-state index in [1.165, 1.54) is 0 Å². The number of carbonyl (C=O) groups is 1. The molecule has 0 aliphatic rings. The molecule has 2 aromatic rings. The molecule has 0 saturated heterocycles. The topological polar surface area (TPSA) is 30.2 Å². The molecule has 0 bridgehead atoms. The number of aryl methyl sites for hydroxylation is 2. The fourth-order valence-electron chi connectivity index (χ4n) is 2.00. The number of carbonyl (C=O) groups excluding carboxylic acids is 1. The SMILES string of the molecule is Cc1cccc2cc(CCC(=O)C(C)(C)C)oc12. The lowest BCUT2D eigenvalue weighted by Crippen LogP contribution is -2.20. The van der Waals surface area contributed by atoms with Gasteiger partial charge in [0, 0.05) is 23.6 Å². The van der Waals surface area contributed by atoms with Crippen LogP contribution in [-0.2, 0) is 11.2 Å². The smallest absolute Gasteiger partial charge is 0.138 e. The minimum Gasteiger partial charge on any atom is -0.461 e. The molecule has 1 aromatic carbocycles. The van der Waals surface area contributed by atoms with Gasteiger partial charge in [-0.05, 0) is 18.6 Å². The Bertz CT molecular complexity index is 570.